The maximum absolute atomic E-state index is 12.3. The van der Waals surface area contributed by atoms with Crippen LogP contribution in [0.2, 0.25) is 0 Å². The highest BCUT2D eigenvalue weighted by molar-refractivity contribution is 7.91. The third-order valence-electron chi connectivity index (χ3n) is 3.58. The number of nitrogens with zero attached hydrogens (tertiary/aromatic N) is 2. The molecule has 0 aliphatic carbocycles. The molecule has 2 heterocycles. The fourth-order valence-electron chi connectivity index (χ4n) is 2.33. The Hall–Kier alpha value is -1.28. The molecule has 0 saturated carbocycles. The Balaban J connectivity index is 1.64. The molecule has 0 amide bonds. The van der Waals surface area contributed by atoms with Gasteiger partial charge in [0.2, 0.25) is 0 Å². The lowest BCUT2D eigenvalue weighted by atomic mass is 10.3. The van der Waals surface area contributed by atoms with Crippen LogP contribution in [0.15, 0.2) is 23.4 Å². The third kappa shape index (κ3) is 3.49. The summed E-state index contributed by atoms with van der Waals surface area (Å²) >= 11 is -1.12. The maximum atomic E-state index is 12.3. The lowest BCUT2D eigenvalue weighted by Crippen LogP contribution is -2.39. The van der Waals surface area contributed by atoms with Gasteiger partial charge < -0.3 is 14.0 Å². The Bertz CT molecular complexity index is 598. The molecule has 1 aromatic heterocycles. The molecule has 6 nitrogen and oxygen atoms in total. The molecule has 0 radical (unpaired) electrons. The molecule has 1 aliphatic rings. The minimum atomic E-state index is -1.12. The summed E-state index contributed by atoms with van der Waals surface area (Å²) < 4.78 is 22.8. The molecule has 21 heavy (non-hydrogen) atoms. The first-order valence-corrected chi connectivity index (χ1v) is 8.30. The largest absolute Gasteiger partial charge is 0.609 e. The second-order valence-corrected chi connectivity index (χ2v) is 6.41. The van der Waals surface area contributed by atoms with Crippen LogP contribution >= 0.6 is 0 Å². The summed E-state index contributed by atoms with van der Waals surface area (Å²) in [7, 11) is 1.62. The Morgan fingerprint density at radius 3 is 3.00 bits per heavy atom. The molecule has 1 aliphatic heterocycles. The van der Waals surface area contributed by atoms with Crippen molar-refractivity contribution in [1.29, 1.82) is 0 Å². The number of imidazole rings is 1. The molecule has 7 heteroatoms. The molecule has 1 fully saturated rings. The number of aromatic amines is 1. The number of ether oxygens (including phenoxy) is 2. The molecule has 3 rings (SSSR count). The molecule has 1 atom stereocenters. The van der Waals surface area contributed by atoms with Gasteiger partial charge in [-0.2, -0.15) is 4.98 Å². The lowest BCUT2D eigenvalue weighted by Gasteiger charge is -2.26. The summed E-state index contributed by atoms with van der Waals surface area (Å²) in [5, 5.41) is 0.534. The second kappa shape index (κ2) is 6.65. The number of morpholine rings is 1. The molecule has 114 valence electrons. The van der Waals surface area contributed by atoms with Gasteiger partial charge in [-0.25, -0.2) is 0 Å². The first-order chi connectivity index (χ1) is 10.3. The normalized spacial score (nSPS) is 18.0. The number of rotatable bonds is 5. The van der Waals surface area contributed by atoms with Crippen molar-refractivity contribution >= 4 is 22.2 Å². The highest BCUT2D eigenvalue weighted by Gasteiger charge is 2.19. The van der Waals surface area contributed by atoms with Gasteiger partial charge in [0.15, 0.2) is 0 Å². The lowest BCUT2D eigenvalue weighted by molar-refractivity contribution is 0.0408. The number of aromatic nitrogens is 2. The topological polar surface area (TPSA) is 73.4 Å². The van der Waals surface area contributed by atoms with Crippen LogP contribution < -0.4 is 4.74 Å². The monoisotopic (exact) mass is 309 g/mol. The van der Waals surface area contributed by atoms with Gasteiger partial charge in [0, 0.05) is 36.9 Å². The zero-order chi connectivity index (χ0) is 14.7. The number of fused-ring (bicyclic) bond motifs is 1. The minimum absolute atomic E-state index is 0.534. The predicted molar refractivity (Wildman–Crippen MR) is 81.2 cm³/mol. The van der Waals surface area contributed by atoms with Crippen molar-refractivity contribution in [3.8, 4) is 5.75 Å². The Labute approximate surface area is 126 Å². The fourth-order valence-corrected chi connectivity index (χ4v) is 3.37. The van der Waals surface area contributed by atoms with Gasteiger partial charge in [-0.15, -0.1) is 0 Å². The van der Waals surface area contributed by atoms with Crippen molar-refractivity contribution in [2.75, 3.05) is 45.7 Å². The number of methoxy groups -OCH3 is 1. The summed E-state index contributed by atoms with van der Waals surface area (Å²) in [5.74, 6) is 1.33. The number of benzene rings is 1. The van der Waals surface area contributed by atoms with Crippen LogP contribution in [-0.2, 0) is 15.9 Å². The summed E-state index contributed by atoms with van der Waals surface area (Å²) in [5.41, 5.74) is 1.66. The van der Waals surface area contributed by atoms with Crippen molar-refractivity contribution in [2.24, 2.45) is 0 Å². The highest BCUT2D eigenvalue weighted by Crippen LogP contribution is 2.20. The maximum Gasteiger partial charge on any atom is 0.321 e. The molecule has 1 N–H and O–H groups in total. The zero-order valence-electron chi connectivity index (χ0n) is 12.0. The number of H-pyrrole nitrogens is 1. The molecule has 1 aromatic carbocycles. The smallest absolute Gasteiger partial charge is 0.321 e. The van der Waals surface area contributed by atoms with Crippen molar-refractivity contribution in [3.05, 3.63) is 18.2 Å². The van der Waals surface area contributed by atoms with E-state index in [4.69, 9.17) is 9.47 Å². The molecule has 1 unspecified atom stereocenters. The summed E-state index contributed by atoms with van der Waals surface area (Å²) in [6.07, 6.45) is 0. The fraction of sp³-hybridized carbons (Fsp3) is 0.500. The highest BCUT2D eigenvalue weighted by atomic mass is 32.2. The van der Waals surface area contributed by atoms with Crippen LogP contribution in [0.1, 0.15) is 0 Å². The van der Waals surface area contributed by atoms with E-state index in [0.717, 1.165) is 49.6 Å². The summed E-state index contributed by atoms with van der Waals surface area (Å²) in [6.45, 7) is 4.15. The number of nitrogens with one attached hydrogen (secondary N) is 1. The van der Waals surface area contributed by atoms with E-state index in [1.54, 1.807) is 7.11 Å². The SMILES string of the molecule is COc1ccc2[nH]c([S+]([O-])CCN3CCOCC3)nc2c1. The average molecular weight is 309 g/mol. The van der Waals surface area contributed by atoms with Crippen LogP contribution in [0, 0.1) is 0 Å². The van der Waals surface area contributed by atoms with E-state index in [0.29, 0.717) is 10.9 Å². The zero-order valence-corrected chi connectivity index (χ0v) is 12.8. The molecule has 1 saturated heterocycles. The molecule has 0 spiro atoms. The standard InChI is InChI=1S/C14H19N3O3S/c1-19-11-2-3-12-13(10-11)16-14(15-12)21(18)9-6-17-4-7-20-8-5-17/h2-3,10H,4-9H2,1H3,(H,15,16). The van der Waals surface area contributed by atoms with E-state index in [9.17, 15) is 4.55 Å². The van der Waals surface area contributed by atoms with E-state index in [2.05, 4.69) is 14.9 Å². The van der Waals surface area contributed by atoms with Crippen LogP contribution in [-0.4, -0.2) is 65.1 Å². The van der Waals surface area contributed by atoms with Crippen LogP contribution in [0.5, 0.6) is 5.75 Å². The molecular formula is C14H19N3O3S. The van der Waals surface area contributed by atoms with Gasteiger partial charge in [0.05, 0.1) is 31.4 Å². The number of hydrogen-bond donors (Lipinski definition) is 1. The number of hydrogen-bond acceptors (Lipinski definition) is 5. The van der Waals surface area contributed by atoms with Crippen molar-refractivity contribution in [2.45, 2.75) is 5.16 Å². The quantitative estimate of drug-likeness (QED) is 0.835. The summed E-state index contributed by atoms with van der Waals surface area (Å²) in [4.78, 5) is 9.80. The Morgan fingerprint density at radius 1 is 1.43 bits per heavy atom. The molecular weight excluding hydrogens is 290 g/mol. The van der Waals surface area contributed by atoms with Crippen molar-refractivity contribution < 1.29 is 14.0 Å². The van der Waals surface area contributed by atoms with Gasteiger partial charge in [0.25, 0.3) is 0 Å². The van der Waals surface area contributed by atoms with Crippen molar-refractivity contribution in [3.63, 3.8) is 0 Å². The van der Waals surface area contributed by atoms with Crippen LogP contribution in [0.25, 0.3) is 11.0 Å². The first kappa shape index (κ1) is 14.6. The first-order valence-electron chi connectivity index (χ1n) is 6.98. The van der Waals surface area contributed by atoms with E-state index >= 15 is 0 Å². The van der Waals surface area contributed by atoms with E-state index in [-0.39, 0.29) is 0 Å². The molecule has 0 bridgehead atoms. The average Bonchev–Trinajstić information content (AvgIpc) is 2.96. The Morgan fingerprint density at radius 2 is 2.24 bits per heavy atom. The van der Waals surface area contributed by atoms with E-state index in [1.165, 1.54) is 0 Å². The summed E-state index contributed by atoms with van der Waals surface area (Å²) in [6, 6.07) is 5.60. The minimum Gasteiger partial charge on any atom is -0.609 e. The van der Waals surface area contributed by atoms with E-state index in [1.807, 2.05) is 18.2 Å². The molecule has 2 aromatic rings. The second-order valence-electron chi connectivity index (χ2n) is 4.93. The van der Waals surface area contributed by atoms with E-state index < -0.39 is 11.2 Å². The third-order valence-corrected chi connectivity index (χ3v) is 4.76. The van der Waals surface area contributed by atoms with Crippen LogP contribution in [0.4, 0.5) is 0 Å². The van der Waals surface area contributed by atoms with Gasteiger partial charge in [-0.05, 0) is 12.1 Å². The predicted octanol–water partition coefficient (Wildman–Crippen LogP) is 1.01. The Kier molecular flexibility index (Phi) is 4.64. The van der Waals surface area contributed by atoms with Gasteiger partial charge in [-0.3, -0.25) is 9.88 Å². The van der Waals surface area contributed by atoms with Crippen molar-refractivity contribution in [1.82, 2.24) is 14.9 Å². The van der Waals surface area contributed by atoms with Gasteiger partial charge >= 0.3 is 5.16 Å². The van der Waals surface area contributed by atoms with Crippen LogP contribution in [0.3, 0.4) is 0 Å². The van der Waals surface area contributed by atoms with Gasteiger partial charge in [0.1, 0.15) is 11.5 Å². The van der Waals surface area contributed by atoms with Gasteiger partial charge in [-0.1, -0.05) is 0 Å².